The number of carbonyl (C=O) groups is 1. The lowest BCUT2D eigenvalue weighted by molar-refractivity contribution is -0.137. The van der Waals surface area contributed by atoms with Crippen molar-refractivity contribution in [1.29, 1.82) is 0 Å². The first-order valence-electron chi connectivity index (χ1n) is 8.41. The van der Waals surface area contributed by atoms with Crippen molar-refractivity contribution in [2.24, 2.45) is 5.14 Å². The number of anilines is 1. The van der Waals surface area contributed by atoms with Crippen LogP contribution in [0.5, 0.6) is 0 Å². The van der Waals surface area contributed by atoms with Gasteiger partial charge in [-0.15, -0.1) is 0 Å². The largest absolute Gasteiger partial charge is 0.416 e. The molecule has 2 aromatic rings. The lowest BCUT2D eigenvalue weighted by atomic mass is 9.83. The van der Waals surface area contributed by atoms with Gasteiger partial charge in [-0.2, -0.15) is 13.2 Å². The van der Waals surface area contributed by atoms with Gasteiger partial charge in [0.15, 0.2) is 0 Å². The van der Waals surface area contributed by atoms with Gasteiger partial charge in [0, 0.05) is 5.69 Å². The number of benzene rings is 2. The van der Waals surface area contributed by atoms with Crippen LogP contribution in [-0.4, -0.2) is 14.3 Å². The minimum absolute atomic E-state index is 0.107. The van der Waals surface area contributed by atoms with Crippen LogP contribution in [0.2, 0.25) is 0 Å². The van der Waals surface area contributed by atoms with E-state index in [1.165, 1.54) is 44.2 Å². The topological polar surface area (TPSA) is 89.3 Å². The van der Waals surface area contributed by atoms with Gasteiger partial charge >= 0.3 is 6.18 Å². The monoisotopic (exact) mass is 414 g/mol. The second-order valence-electron chi connectivity index (χ2n) is 6.88. The number of aryl methyl sites for hydroxylation is 1. The second kappa shape index (κ2) is 7.56. The fourth-order valence-corrected chi connectivity index (χ4v) is 3.56. The summed E-state index contributed by atoms with van der Waals surface area (Å²) in [6, 6.07) is 8.83. The summed E-state index contributed by atoms with van der Waals surface area (Å²) in [5.74, 6) is -0.587. The van der Waals surface area contributed by atoms with Crippen LogP contribution < -0.4 is 10.5 Å². The lowest BCUT2D eigenvalue weighted by Crippen LogP contribution is -2.35. The molecule has 0 aliphatic heterocycles. The molecule has 0 aromatic heterocycles. The number of hydrogen-bond acceptors (Lipinski definition) is 3. The molecule has 0 spiro atoms. The summed E-state index contributed by atoms with van der Waals surface area (Å²) >= 11 is 0. The van der Waals surface area contributed by atoms with E-state index in [0.29, 0.717) is 12.0 Å². The average Bonchev–Trinajstić information content (AvgIpc) is 2.60. The molecule has 0 fully saturated rings. The van der Waals surface area contributed by atoms with Crippen molar-refractivity contribution in [3.05, 3.63) is 59.2 Å². The molecule has 0 saturated heterocycles. The van der Waals surface area contributed by atoms with Gasteiger partial charge in [0.25, 0.3) is 0 Å². The molecular weight excluding hydrogens is 393 g/mol. The molecule has 0 radical (unpaired) electrons. The number of nitrogens with one attached hydrogen (secondary N) is 1. The van der Waals surface area contributed by atoms with E-state index in [4.69, 9.17) is 5.14 Å². The molecule has 0 saturated carbocycles. The van der Waals surface area contributed by atoms with E-state index in [9.17, 15) is 26.4 Å². The Balaban J connectivity index is 2.37. The fourth-order valence-electron chi connectivity index (χ4n) is 2.69. The SMILES string of the molecule is CCc1ccc(NC(=O)C(C)(C)c2cccc(C(F)(F)F)c2)cc1S(N)(=O)=O. The van der Waals surface area contributed by atoms with Crippen LogP contribution in [0.3, 0.4) is 0 Å². The Morgan fingerprint density at radius 2 is 1.68 bits per heavy atom. The van der Waals surface area contributed by atoms with Crippen molar-refractivity contribution < 1.29 is 26.4 Å². The Morgan fingerprint density at radius 1 is 1.07 bits per heavy atom. The van der Waals surface area contributed by atoms with Gasteiger partial charge in [-0.25, -0.2) is 13.6 Å². The number of hydrogen-bond donors (Lipinski definition) is 2. The Morgan fingerprint density at radius 3 is 2.21 bits per heavy atom. The molecule has 2 rings (SSSR count). The van der Waals surface area contributed by atoms with Crippen molar-refractivity contribution in [3.8, 4) is 0 Å². The number of halogens is 3. The highest BCUT2D eigenvalue weighted by Gasteiger charge is 2.35. The molecule has 0 bridgehead atoms. The summed E-state index contributed by atoms with van der Waals surface area (Å²) in [5, 5.41) is 7.78. The zero-order chi connectivity index (χ0) is 21.3. The molecule has 0 unspecified atom stereocenters. The predicted molar refractivity (Wildman–Crippen MR) is 100 cm³/mol. The molecule has 9 heteroatoms. The number of rotatable bonds is 5. The summed E-state index contributed by atoms with van der Waals surface area (Å²) in [6.07, 6.45) is -4.10. The fraction of sp³-hybridized carbons (Fsp3) is 0.316. The molecule has 152 valence electrons. The van der Waals surface area contributed by atoms with E-state index in [-0.39, 0.29) is 16.1 Å². The van der Waals surface area contributed by atoms with Crippen LogP contribution >= 0.6 is 0 Å². The van der Waals surface area contributed by atoms with Gasteiger partial charge in [0.1, 0.15) is 0 Å². The first kappa shape index (κ1) is 21.9. The highest BCUT2D eigenvalue weighted by molar-refractivity contribution is 7.89. The molecule has 1 amide bonds. The van der Waals surface area contributed by atoms with E-state index < -0.39 is 33.1 Å². The minimum atomic E-state index is -4.52. The van der Waals surface area contributed by atoms with E-state index >= 15 is 0 Å². The number of sulfonamides is 1. The first-order chi connectivity index (χ1) is 12.8. The molecule has 0 atom stereocenters. The third-order valence-corrected chi connectivity index (χ3v) is 5.48. The molecule has 0 aliphatic rings. The normalized spacial score (nSPS) is 12.7. The highest BCUT2D eigenvalue weighted by atomic mass is 32.2. The number of nitrogens with two attached hydrogens (primary N) is 1. The summed E-state index contributed by atoms with van der Waals surface area (Å²) < 4.78 is 62.4. The molecular formula is C19H21F3N2O3S. The smallest absolute Gasteiger partial charge is 0.325 e. The van der Waals surface area contributed by atoms with Crippen molar-refractivity contribution in [1.82, 2.24) is 0 Å². The van der Waals surface area contributed by atoms with E-state index in [1.807, 2.05) is 0 Å². The van der Waals surface area contributed by atoms with E-state index in [1.54, 1.807) is 6.92 Å². The third kappa shape index (κ3) is 4.71. The molecule has 3 N–H and O–H groups in total. The van der Waals surface area contributed by atoms with Crippen molar-refractivity contribution in [2.75, 3.05) is 5.32 Å². The van der Waals surface area contributed by atoms with Gasteiger partial charge in [0.2, 0.25) is 15.9 Å². The number of primary sulfonamides is 1. The highest BCUT2D eigenvalue weighted by Crippen LogP contribution is 2.33. The molecule has 28 heavy (non-hydrogen) atoms. The van der Waals surface area contributed by atoms with Gasteiger partial charge < -0.3 is 5.32 Å². The Labute approximate surface area is 161 Å². The van der Waals surface area contributed by atoms with Crippen LogP contribution in [0.25, 0.3) is 0 Å². The Kier molecular flexibility index (Phi) is 5.91. The predicted octanol–water partition coefficient (Wildman–Crippen LogP) is 3.83. The Hall–Kier alpha value is -2.39. The zero-order valence-electron chi connectivity index (χ0n) is 15.6. The zero-order valence-corrected chi connectivity index (χ0v) is 16.4. The van der Waals surface area contributed by atoms with E-state index in [0.717, 1.165) is 12.1 Å². The van der Waals surface area contributed by atoms with Gasteiger partial charge in [-0.3, -0.25) is 4.79 Å². The van der Waals surface area contributed by atoms with Crippen LogP contribution in [0, 0.1) is 0 Å². The number of carbonyl (C=O) groups excluding carboxylic acids is 1. The first-order valence-corrected chi connectivity index (χ1v) is 9.96. The summed E-state index contributed by atoms with van der Waals surface area (Å²) in [4.78, 5) is 12.6. The van der Waals surface area contributed by atoms with Crippen LogP contribution in [0.15, 0.2) is 47.4 Å². The molecule has 2 aromatic carbocycles. The maximum Gasteiger partial charge on any atom is 0.416 e. The average molecular weight is 414 g/mol. The minimum Gasteiger partial charge on any atom is -0.325 e. The molecule has 5 nitrogen and oxygen atoms in total. The number of amides is 1. The van der Waals surface area contributed by atoms with Crippen LogP contribution in [0.1, 0.15) is 37.5 Å². The van der Waals surface area contributed by atoms with Gasteiger partial charge in [-0.05, 0) is 49.6 Å². The standard InChI is InChI=1S/C19H21F3N2O3S/c1-4-12-8-9-15(11-16(12)28(23,26)27)24-17(25)18(2,3)13-6-5-7-14(10-13)19(20,21)22/h5-11H,4H2,1-3H3,(H,24,25)(H2,23,26,27). The van der Waals surface area contributed by atoms with Gasteiger partial charge in [-0.1, -0.05) is 31.2 Å². The number of alkyl halides is 3. The van der Waals surface area contributed by atoms with Crippen LogP contribution in [0.4, 0.5) is 18.9 Å². The summed E-state index contributed by atoms with van der Waals surface area (Å²) in [6.45, 7) is 4.73. The van der Waals surface area contributed by atoms with Crippen molar-refractivity contribution in [2.45, 2.75) is 43.7 Å². The van der Waals surface area contributed by atoms with Crippen molar-refractivity contribution in [3.63, 3.8) is 0 Å². The third-order valence-electron chi connectivity index (χ3n) is 4.49. The quantitative estimate of drug-likeness (QED) is 0.779. The summed E-state index contributed by atoms with van der Waals surface area (Å²) in [5.41, 5.74) is -1.29. The second-order valence-corrected chi connectivity index (χ2v) is 8.41. The van der Waals surface area contributed by atoms with Gasteiger partial charge in [0.05, 0.1) is 15.9 Å². The van der Waals surface area contributed by atoms with Crippen molar-refractivity contribution >= 4 is 21.6 Å². The lowest BCUT2D eigenvalue weighted by Gasteiger charge is -2.25. The summed E-state index contributed by atoms with van der Waals surface area (Å²) in [7, 11) is -3.99. The Bertz CT molecular complexity index is 1000. The molecule has 0 aliphatic carbocycles. The molecule has 0 heterocycles. The maximum atomic E-state index is 13.0. The van der Waals surface area contributed by atoms with Crippen LogP contribution in [-0.2, 0) is 32.8 Å². The van der Waals surface area contributed by atoms with E-state index in [2.05, 4.69) is 5.32 Å². The maximum absolute atomic E-state index is 13.0.